The number of rotatable bonds is 3. The van der Waals surface area contributed by atoms with Crippen molar-refractivity contribution in [3.05, 3.63) is 0 Å². The molecule has 4 saturated carbocycles. The monoisotopic (exact) mass is 364 g/mol. The summed E-state index contributed by atoms with van der Waals surface area (Å²) in [5, 5.41) is 10.8. The van der Waals surface area contributed by atoms with Crippen LogP contribution < -0.4 is 0 Å². The fourth-order valence-corrected chi connectivity index (χ4v) is 7.86. The minimum atomic E-state index is -0.378. The van der Waals surface area contributed by atoms with Crippen molar-refractivity contribution in [3.8, 4) is 0 Å². The summed E-state index contributed by atoms with van der Waals surface area (Å²) in [6, 6.07) is 1.56. The van der Waals surface area contributed by atoms with Crippen LogP contribution in [0, 0.1) is 23.7 Å². The van der Waals surface area contributed by atoms with Gasteiger partial charge in [-0.05, 0) is 88.5 Å². The molecule has 4 nitrogen and oxygen atoms in total. The van der Waals surface area contributed by atoms with Gasteiger partial charge in [0.1, 0.15) is 0 Å². The first-order valence-corrected chi connectivity index (χ1v) is 10.9. The molecule has 6 aliphatic rings. The second-order valence-corrected chi connectivity index (χ2v) is 10.9. The van der Waals surface area contributed by atoms with Crippen LogP contribution in [0.25, 0.3) is 0 Å². The zero-order valence-corrected chi connectivity index (χ0v) is 16.6. The minimum Gasteiger partial charge on any atom is -0.390 e. The molecule has 4 aliphatic carbocycles. The molecule has 6 atom stereocenters. The Morgan fingerprint density at radius 1 is 1.12 bits per heavy atom. The van der Waals surface area contributed by atoms with Gasteiger partial charge in [-0.3, -0.25) is 9.46 Å². The van der Waals surface area contributed by atoms with Crippen LogP contribution in [0.4, 0.5) is 0 Å². The lowest BCUT2D eigenvalue weighted by Gasteiger charge is -2.58. The summed E-state index contributed by atoms with van der Waals surface area (Å²) in [5.74, 6) is 2.92. The van der Waals surface area contributed by atoms with Crippen LogP contribution in [0.3, 0.4) is 0 Å². The van der Waals surface area contributed by atoms with Crippen molar-refractivity contribution in [2.75, 3.05) is 7.05 Å². The molecule has 0 aromatic rings. The lowest BCUT2D eigenvalue weighted by atomic mass is 9.49. The summed E-state index contributed by atoms with van der Waals surface area (Å²) < 4.78 is 2.27. The Morgan fingerprint density at radius 3 is 2.24 bits per heavy atom. The van der Waals surface area contributed by atoms with Crippen LogP contribution in [-0.2, 0) is 4.79 Å². The summed E-state index contributed by atoms with van der Waals surface area (Å²) in [6.45, 7) is 0. The highest BCUT2D eigenvalue weighted by molar-refractivity contribution is 7.13. The molecular weight excluding hydrogens is 331 g/mol. The second kappa shape index (κ2) is 5.91. The molecule has 5 heteroatoms. The van der Waals surface area contributed by atoms with Gasteiger partial charge in [0.2, 0.25) is 5.91 Å². The topological polar surface area (TPSA) is 43.8 Å². The van der Waals surface area contributed by atoms with Crippen LogP contribution in [0.5, 0.6) is 0 Å². The normalized spacial score (nSPS) is 50.7. The molecule has 0 spiro atoms. The first-order chi connectivity index (χ1) is 11.9. The molecule has 0 radical (unpaired) electrons. The third-order valence-electron chi connectivity index (χ3n) is 8.42. The molecule has 1 amide bonds. The van der Waals surface area contributed by atoms with Crippen LogP contribution in [-0.4, -0.2) is 51.4 Å². The molecule has 2 saturated heterocycles. The van der Waals surface area contributed by atoms with Crippen molar-refractivity contribution < 1.29 is 9.90 Å². The highest BCUT2D eigenvalue weighted by Crippen LogP contribution is 2.59. The van der Waals surface area contributed by atoms with Gasteiger partial charge >= 0.3 is 0 Å². The molecule has 140 valence electrons. The Balaban J connectivity index is 1.27. The third-order valence-corrected chi connectivity index (χ3v) is 8.84. The van der Waals surface area contributed by atoms with Crippen molar-refractivity contribution in [1.82, 2.24) is 9.57 Å². The van der Waals surface area contributed by atoms with Gasteiger partial charge in [0.15, 0.2) is 0 Å². The zero-order chi connectivity index (χ0) is 17.3. The molecule has 1 N–H and O–H groups in total. The van der Waals surface area contributed by atoms with E-state index in [4.69, 9.17) is 0 Å². The van der Waals surface area contributed by atoms with E-state index in [1.807, 2.05) is 0 Å². The van der Waals surface area contributed by atoms with E-state index in [1.165, 1.54) is 25.7 Å². The van der Waals surface area contributed by atoms with Gasteiger partial charge in [0.25, 0.3) is 0 Å². The molecule has 0 aromatic carbocycles. The maximum atomic E-state index is 13.3. The van der Waals surface area contributed by atoms with Crippen LogP contribution in [0.2, 0.25) is 0 Å². The smallest absolute Gasteiger partial charge is 0.223 e. The lowest BCUT2D eigenvalue weighted by Crippen LogP contribution is -2.56. The standard InChI is InChI=1S/C20H33N2O2P/c1-21(25)17-6-15-2-3-16(7-17)22(15)19(23)8-18-13-4-12-5-14(18)11-20(24,9-12)10-13/h12-18,24H,2-11,25H2,1H3/t12?,13?,14?,15-,16+,17?,18?,20?. The third kappa shape index (κ3) is 2.78. The van der Waals surface area contributed by atoms with Gasteiger partial charge in [-0.15, -0.1) is 0 Å². The van der Waals surface area contributed by atoms with Crippen molar-refractivity contribution in [1.29, 1.82) is 0 Å². The van der Waals surface area contributed by atoms with Crippen molar-refractivity contribution in [2.45, 2.75) is 87.9 Å². The molecule has 6 fully saturated rings. The number of piperidine rings is 1. The van der Waals surface area contributed by atoms with Crippen LogP contribution in [0.1, 0.15) is 64.2 Å². The van der Waals surface area contributed by atoms with E-state index >= 15 is 0 Å². The summed E-state index contributed by atoms with van der Waals surface area (Å²) in [5.41, 5.74) is -0.378. The second-order valence-electron chi connectivity index (χ2n) is 10.0. The van der Waals surface area contributed by atoms with Crippen molar-refractivity contribution in [3.63, 3.8) is 0 Å². The molecular formula is C20H33N2O2P. The number of hydrogen-bond donors (Lipinski definition) is 1. The molecule has 2 aliphatic heterocycles. The summed E-state index contributed by atoms with van der Waals surface area (Å²) >= 11 is 0. The predicted octanol–water partition coefficient (Wildman–Crippen LogP) is 2.81. The molecule has 4 unspecified atom stereocenters. The van der Waals surface area contributed by atoms with Gasteiger partial charge in [-0.25, -0.2) is 0 Å². The van der Waals surface area contributed by atoms with Gasteiger partial charge in [-0.2, -0.15) is 0 Å². The Labute approximate surface area is 154 Å². The Hall–Kier alpha value is -0.180. The molecule has 0 aromatic heterocycles. The van der Waals surface area contributed by atoms with E-state index in [-0.39, 0.29) is 5.60 Å². The number of nitrogens with zero attached hydrogens (tertiary/aromatic N) is 2. The molecule has 2 heterocycles. The van der Waals surface area contributed by atoms with Crippen LogP contribution >= 0.6 is 9.39 Å². The highest BCUT2D eigenvalue weighted by atomic mass is 31.0. The number of amides is 1. The minimum absolute atomic E-state index is 0.378. The summed E-state index contributed by atoms with van der Waals surface area (Å²) in [7, 11) is 4.96. The van der Waals surface area contributed by atoms with Crippen molar-refractivity contribution in [2.24, 2.45) is 23.7 Å². The summed E-state index contributed by atoms with van der Waals surface area (Å²) in [4.78, 5) is 15.5. The quantitative estimate of drug-likeness (QED) is 0.783. The maximum absolute atomic E-state index is 13.3. The Morgan fingerprint density at radius 2 is 1.72 bits per heavy atom. The Kier molecular flexibility index (Phi) is 4.01. The van der Waals surface area contributed by atoms with E-state index in [2.05, 4.69) is 26.0 Å². The Bertz CT molecular complexity index is 538. The molecule has 6 bridgehead atoms. The first kappa shape index (κ1) is 17.0. The first-order valence-electron chi connectivity index (χ1n) is 10.4. The average Bonchev–Trinajstić information content (AvgIpc) is 2.79. The summed E-state index contributed by atoms with van der Waals surface area (Å²) in [6.07, 6.45) is 10.9. The number of fused-ring (bicyclic) bond motifs is 2. The number of carbonyl (C=O) groups excluding carboxylic acids is 1. The van der Waals surface area contributed by atoms with E-state index in [0.717, 1.165) is 44.4 Å². The van der Waals surface area contributed by atoms with Gasteiger partial charge in [0.05, 0.1) is 5.60 Å². The van der Waals surface area contributed by atoms with E-state index in [0.29, 0.717) is 41.8 Å². The maximum Gasteiger partial charge on any atom is 0.223 e. The number of carbonyl (C=O) groups is 1. The number of aliphatic hydroxyl groups is 1. The fourth-order valence-electron chi connectivity index (χ4n) is 7.61. The van der Waals surface area contributed by atoms with Crippen molar-refractivity contribution >= 4 is 15.3 Å². The SMILES string of the molecule is CN(P)C1C[C@H]2CC[C@@H](C1)N2C(=O)CC1C2CC3CC1CC(O)(C3)C2. The van der Waals surface area contributed by atoms with E-state index < -0.39 is 0 Å². The van der Waals surface area contributed by atoms with Crippen LogP contribution in [0.15, 0.2) is 0 Å². The number of hydrogen-bond acceptors (Lipinski definition) is 3. The molecule has 6 rings (SSSR count). The molecule has 25 heavy (non-hydrogen) atoms. The van der Waals surface area contributed by atoms with E-state index in [9.17, 15) is 9.90 Å². The highest BCUT2D eigenvalue weighted by Gasteiger charge is 2.55. The average molecular weight is 364 g/mol. The lowest BCUT2D eigenvalue weighted by molar-refractivity contribution is -0.162. The van der Waals surface area contributed by atoms with Gasteiger partial charge in [-0.1, -0.05) is 9.39 Å². The van der Waals surface area contributed by atoms with Gasteiger partial charge < -0.3 is 10.0 Å². The van der Waals surface area contributed by atoms with E-state index in [1.54, 1.807) is 0 Å². The van der Waals surface area contributed by atoms with Gasteiger partial charge in [0, 0.05) is 24.5 Å². The largest absolute Gasteiger partial charge is 0.390 e. The fraction of sp³-hybridized carbons (Fsp3) is 0.950. The predicted molar refractivity (Wildman–Crippen MR) is 101 cm³/mol. The zero-order valence-electron chi connectivity index (χ0n) is 15.4.